The number of nitrogens with zero attached hydrogens (tertiary/aromatic N) is 2. The number of aromatic nitrogens is 2. The molecule has 0 bridgehead atoms. The molecule has 0 atom stereocenters. The van der Waals surface area contributed by atoms with Crippen molar-refractivity contribution >= 4 is 0 Å². The standard InChI is InChI=1S/C16H23N3O/c1-3-9-17-10-8-15-12-19(13-18-15)11-14-4-6-16(20-2)7-5-14/h4-7,12-13,17H,3,8-11H2,1-2H3. The van der Waals surface area contributed by atoms with Crippen LogP contribution in [0.4, 0.5) is 0 Å². The van der Waals surface area contributed by atoms with Crippen LogP contribution in [0.1, 0.15) is 24.6 Å². The van der Waals surface area contributed by atoms with Crippen LogP contribution in [0.3, 0.4) is 0 Å². The fraction of sp³-hybridized carbons (Fsp3) is 0.438. The van der Waals surface area contributed by atoms with Gasteiger partial charge in [0.25, 0.3) is 0 Å². The third-order valence-corrected chi connectivity index (χ3v) is 3.20. The first-order valence-electron chi connectivity index (χ1n) is 7.16. The summed E-state index contributed by atoms with van der Waals surface area (Å²) in [7, 11) is 1.68. The molecular formula is C16H23N3O. The number of nitrogens with one attached hydrogen (secondary N) is 1. The van der Waals surface area contributed by atoms with E-state index in [1.54, 1.807) is 7.11 Å². The van der Waals surface area contributed by atoms with E-state index in [9.17, 15) is 0 Å². The van der Waals surface area contributed by atoms with Crippen LogP contribution >= 0.6 is 0 Å². The van der Waals surface area contributed by atoms with E-state index in [2.05, 4.69) is 40.1 Å². The van der Waals surface area contributed by atoms with Crippen molar-refractivity contribution in [1.29, 1.82) is 0 Å². The van der Waals surface area contributed by atoms with E-state index < -0.39 is 0 Å². The van der Waals surface area contributed by atoms with Gasteiger partial charge in [0.05, 0.1) is 19.1 Å². The third kappa shape index (κ3) is 4.38. The Balaban J connectivity index is 1.85. The Morgan fingerprint density at radius 3 is 2.70 bits per heavy atom. The summed E-state index contributed by atoms with van der Waals surface area (Å²) in [6.45, 7) is 5.09. The second kappa shape index (κ2) is 7.70. The van der Waals surface area contributed by atoms with E-state index in [4.69, 9.17) is 4.74 Å². The second-order valence-corrected chi connectivity index (χ2v) is 4.89. The minimum Gasteiger partial charge on any atom is -0.497 e. The lowest BCUT2D eigenvalue weighted by Gasteiger charge is -2.04. The van der Waals surface area contributed by atoms with Gasteiger partial charge in [-0.3, -0.25) is 0 Å². The highest BCUT2D eigenvalue weighted by Crippen LogP contribution is 2.12. The predicted molar refractivity (Wildman–Crippen MR) is 81.2 cm³/mol. The zero-order chi connectivity index (χ0) is 14.2. The maximum Gasteiger partial charge on any atom is 0.118 e. The molecular weight excluding hydrogens is 250 g/mol. The number of imidazole rings is 1. The van der Waals surface area contributed by atoms with Crippen molar-refractivity contribution in [2.45, 2.75) is 26.3 Å². The first-order valence-corrected chi connectivity index (χ1v) is 7.16. The molecule has 0 radical (unpaired) electrons. The summed E-state index contributed by atoms with van der Waals surface area (Å²) in [6, 6.07) is 8.15. The Labute approximate surface area is 120 Å². The van der Waals surface area contributed by atoms with Crippen LogP contribution in [0.2, 0.25) is 0 Å². The van der Waals surface area contributed by atoms with Crippen molar-refractivity contribution in [1.82, 2.24) is 14.9 Å². The maximum absolute atomic E-state index is 5.16. The normalized spacial score (nSPS) is 10.7. The molecule has 2 rings (SSSR count). The minimum absolute atomic E-state index is 0.847. The van der Waals surface area contributed by atoms with Gasteiger partial charge in [0.2, 0.25) is 0 Å². The summed E-state index contributed by atoms with van der Waals surface area (Å²) in [4.78, 5) is 4.44. The van der Waals surface area contributed by atoms with Crippen molar-refractivity contribution in [3.05, 3.63) is 48.0 Å². The quantitative estimate of drug-likeness (QED) is 0.751. The van der Waals surface area contributed by atoms with Crippen LogP contribution in [-0.4, -0.2) is 29.8 Å². The Morgan fingerprint density at radius 1 is 1.20 bits per heavy atom. The van der Waals surface area contributed by atoms with Gasteiger partial charge >= 0.3 is 0 Å². The molecule has 0 unspecified atom stereocenters. The van der Waals surface area contributed by atoms with E-state index in [-0.39, 0.29) is 0 Å². The van der Waals surface area contributed by atoms with E-state index in [0.717, 1.165) is 37.5 Å². The molecule has 2 aromatic rings. The summed E-state index contributed by atoms with van der Waals surface area (Å²) >= 11 is 0. The average molecular weight is 273 g/mol. The van der Waals surface area contributed by atoms with Gasteiger partial charge in [-0.25, -0.2) is 4.98 Å². The van der Waals surface area contributed by atoms with Crippen molar-refractivity contribution in [3.63, 3.8) is 0 Å². The number of hydrogen-bond donors (Lipinski definition) is 1. The SMILES string of the molecule is CCCNCCc1cn(Cc2ccc(OC)cc2)cn1. The van der Waals surface area contributed by atoms with Crippen LogP contribution in [0.25, 0.3) is 0 Å². The smallest absolute Gasteiger partial charge is 0.118 e. The molecule has 0 fully saturated rings. The number of benzene rings is 1. The van der Waals surface area contributed by atoms with Gasteiger partial charge in [0.1, 0.15) is 5.75 Å². The van der Waals surface area contributed by atoms with Gasteiger partial charge in [-0.15, -0.1) is 0 Å². The molecule has 0 aliphatic rings. The lowest BCUT2D eigenvalue weighted by Crippen LogP contribution is -2.17. The molecule has 0 spiro atoms. The molecule has 0 saturated heterocycles. The van der Waals surface area contributed by atoms with Crippen LogP contribution in [-0.2, 0) is 13.0 Å². The van der Waals surface area contributed by atoms with E-state index in [1.807, 2.05) is 18.5 Å². The number of hydrogen-bond acceptors (Lipinski definition) is 3. The van der Waals surface area contributed by atoms with Gasteiger partial charge in [-0.1, -0.05) is 19.1 Å². The highest BCUT2D eigenvalue weighted by Gasteiger charge is 2.00. The summed E-state index contributed by atoms with van der Waals surface area (Å²) in [5.74, 6) is 0.891. The Hall–Kier alpha value is -1.81. The van der Waals surface area contributed by atoms with Crippen molar-refractivity contribution in [2.24, 2.45) is 0 Å². The van der Waals surface area contributed by atoms with Crippen LogP contribution < -0.4 is 10.1 Å². The number of rotatable bonds is 8. The average Bonchev–Trinajstić information content (AvgIpc) is 2.92. The van der Waals surface area contributed by atoms with Crippen LogP contribution in [0.15, 0.2) is 36.8 Å². The van der Waals surface area contributed by atoms with E-state index in [1.165, 1.54) is 12.0 Å². The maximum atomic E-state index is 5.16. The molecule has 0 aliphatic heterocycles. The number of ether oxygens (including phenoxy) is 1. The van der Waals surface area contributed by atoms with Gasteiger partial charge in [0.15, 0.2) is 0 Å². The molecule has 0 amide bonds. The molecule has 1 heterocycles. The van der Waals surface area contributed by atoms with Crippen molar-refractivity contribution < 1.29 is 4.74 Å². The first kappa shape index (κ1) is 14.6. The zero-order valence-electron chi connectivity index (χ0n) is 12.3. The fourth-order valence-electron chi connectivity index (χ4n) is 2.08. The molecule has 0 saturated carbocycles. The molecule has 1 aromatic carbocycles. The van der Waals surface area contributed by atoms with Crippen molar-refractivity contribution in [3.8, 4) is 5.75 Å². The topological polar surface area (TPSA) is 39.1 Å². The lowest BCUT2D eigenvalue weighted by molar-refractivity contribution is 0.414. The van der Waals surface area contributed by atoms with Gasteiger partial charge < -0.3 is 14.6 Å². The summed E-state index contributed by atoms with van der Waals surface area (Å²) in [5.41, 5.74) is 2.39. The Bertz CT molecular complexity index is 505. The zero-order valence-corrected chi connectivity index (χ0v) is 12.3. The van der Waals surface area contributed by atoms with Gasteiger partial charge in [-0.05, 0) is 30.7 Å². The minimum atomic E-state index is 0.847. The molecule has 1 aromatic heterocycles. The highest BCUT2D eigenvalue weighted by molar-refractivity contribution is 5.27. The predicted octanol–water partition coefficient (Wildman–Crippen LogP) is 2.48. The van der Waals surface area contributed by atoms with Crippen LogP contribution in [0, 0.1) is 0 Å². The molecule has 20 heavy (non-hydrogen) atoms. The largest absolute Gasteiger partial charge is 0.497 e. The highest BCUT2D eigenvalue weighted by atomic mass is 16.5. The Kier molecular flexibility index (Phi) is 5.62. The monoisotopic (exact) mass is 273 g/mol. The third-order valence-electron chi connectivity index (χ3n) is 3.20. The Morgan fingerprint density at radius 2 is 2.00 bits per heavy atom. The van der Waals surface area contributed by atoms with Crippen molar-refractivity contribution in [2.75, 3.05) is 20.2 Å². The fourth-order valence-corrected chi connectivity index (χ4v) is 2.08. The molecule has 108 valence electrons. The molecule has 1 N–H and O–H groups in total. The summed E-state index contributed by atoms with van der Waals surface area (Å²) in [6.07, 6.45) is 6.18. The molecule has 0 aliphatic carbocycles. The lowest BCUT2D eigenvalue weighted by atomic mass is 10.2. The summed E-state index contributed by atoms with van der Waals surface area (Å²) < 4.78 is 7.28. The van der Waals surface area contributed by atoms with E-state index in [0.29, 0.717) is 0 Å². The molecule has 4 nitrogen and oxygen atoms in total. The molecule has 4 heteroatoms. The van der Waals surface area contributed by atoms with Crippen LogP contribution in [0.5, 0.6) is 5.75 Å². The second-order valence-electron chi connectivity index (χ2n) is 4.89. The van der Waals surface area contributed by atoms with Gasteiger partial charge in [0, 0.05) is 25.7 Å². The first-order chi connectivity index (χ1) is 9.81. The number of methoxy groups -OCH3 is 1. The van der Waals surface area contributed by atoms with Gasteiger partial charge in [-0.2, -0.15) is 0 Å². The van der Waals surface area contributed by atoms with E-state index >= 15 is 0 Å². The summed E-state index contributed by atoms with van der Waals surface area (Å²) in [5, 5.41) is 3.39.